The van der Waals surface area contributed by atoms with Gasteiger partial charge in [0.05, 0.1) is 38.9 Å². The molecule has 9 aromatic rings. The van der Waals surface area contributed by atoms with Gasteiger partial charge in [0.2, 0.25) is 22.0 Å². The fourth-order valence-electron chi connectivity index (χ4n) is 9.91. The van der Waals surface area contributed by atoms with Gasteiger partial charge in [-0.2, -0.15) is 9.47 Å². The number of aryl methyl sites for hydroxylation is 2. The van der Waals surface area contributed by atoms with Crippen molar-refractivity contribution < 1.29 is 53.5 Å². The fourth-order valence-corrected chi connectivity index (χ4v) is 12.6. The van der Waals surface area contributed by atoms with Crippen molar-refractivity contribution in [2.75, 3.05) is 30.6 Å². The molecule has 85 heavy (non-hydrogen) atoms. The number of halogens is 1. The lowest BCUT2D eigenvalue weighted by atomic mass is 10.0. The van der Waals surface area contributed by atoms with Gasteiger partial charge < -0.3 is 23.4 Å². The predicted octanol–water partition coefficient (Wildman–Crippen LogP) is 12.8. The van der Waals surface area contributed by atoms with E-state index in [2.05, 4.69) is 30.5 Å². The minimum absolute atomic E-state index is 0.0123. The zero-order valence-corrected chi connectivity index (χ0v) is 49.3. The van der Waals surface area contributed by atoms with Crippen LogP contribution in [0.2, 0.25) is 5.02 Å². The van der Waals surface area contributed by atoms with Crippen LogP contribution in [0.5, 0.6) is 11.5 Å². The van der Waals surface area contributed by atoms with Gasteiger partial charge in [-0.1, -0.05) is 103 Å². The maximum atomic E-state index is 14.7. The fraction of sp³-hybridized carbons (Fsp3) is 0.177. The molecule has 19 nitrogen and oxygen atoms in total. The number of nitrogens with zero attached hydrogens (tertiary/aromatic N) is 3. The van der Waals surface area contributed by atoms with Crippen molar-refractivity contribution in [1.29, 1.82) is 5.26 Å². The molecule has 1 saturated carbocycles. The Morgan fingerprint density at radius 1 is 0.812 bits per heavy atom. The van der Waals surface area contributed by atoms with E-state index in [-0.39, 0.29) is 72.3 Å². The van der Waals surface area contributed by atoms with Gasteiger partial charge in [0, 0.05) is 27.9 Å². The number of amides is 2. The van der Waals surface area contributed by atoms with E-state index >= 15 is 0 Å². The van der Waals surface area contributed by atoms with Crippen LogP contribution in [0.1, 0.15) is 60.8 Å². The number of aromatic nitrogens is 1. The molecule has 1 aliphatic carbocycles. The average Bonchev–Trinajstić information content (AvgIpc) is 3.84. The van der Waals surface area contributed by atoms with E-state index in [0.717, 1.165) is 47.9 Å². The highest BCUT2D eigenvalue weighted by molar-refractivity contribution is 7.93. The molecule has 4 N–H and O–H groups in total. The molecule has 2 amide bonds. The summed E-state index contributed by atoms with van der Waals surface area (Å²) in [5, 5.41) is 14.8. The third-order valence-corrected chi connectivity index (χ3v) is 17.0. The maximum Gasteiger partial charge on any atom is 0.414 e. The van der Waals surface area contributed by atoms with Crippen molar-refractivity contribution in [3.05, 3.63) is 185 Å². The molecule has 434 valence electrons. The second kappa shape index (κ2) is 24.9. The monoisotopic (exact) mass is 1220 g/mol. The van der Waals surface area contributed by atoms with Crippen LogP contribution < -0.4 is 33.3 Å². The molecule has 10 rings (SSSR count). The number of benzene rings is 8. The first-order valence-electron chi connectivity index (χ1n) is 26.5. The van der Waals surface area contributed by atoms with E-state index in [1.165, 1.54) is 54.6 Å². The molecule has 2 unspecified atom stereocenters. The number of anilines is 5. The number of ether oxygens (including phenoxy) is 2. The summed E-state index contributed by atoms with van der Waals surface area (Å²) in [5.41, 5.74) is 4.68. The molecule has 0 aliphatic heterocycles. The number of nitriles is 1. The van der Waals surface area contributed by atoms with Crippen LogP contribution in [0.15, 0.2) is 161 Å². The number of allylic oxidation sites excluding steroid dienone is 1. The highest BCUT2D eigenvalue weighted by Crippen LogP contribution is 2.37. The Morgan fingerprint density at radius 2 is 1.55 bits per heavy atom. The Balaban J connectivity index is 0.921. The molecule has 1 heterocycles. The minimum Gasteiger partial charge on any atom is -0.470 e. The number of hydrogen-bond acceptors (Lipinski definition) is 14. The van der Waals surface area contributed by atoms with Gasteiger partial charge in [0.15, 0.2) is 11.4 Å². The van der Waals surface area contributed by atoms with Crippen LogP contribution in [-0.4, -0.2) is 62.2 Å². The van der Waals surface area contributed by atoms with Crippen molar-refractivity contribution in [2.24, 2.45) is 0 Å². The Morgan fingerprint density at radius 3 is 2.29 bits per heavy atom. The summed E-state index contributed by atoms with van der Waals surface area (Å²) in [6, 6.07) is 42.8. The summed E-state index contributed by atoms with van der Waals surface area (Å²) < 4.78 is 98.6. The number of ketones is 1. The lowest BCUT2D eigenvalue weighted by molar-refractivity contribution is -0.133. The molecule has 0 radical (unpaired) electrons. The first kappa shape index (κ1) is 58.9. The topological polar surface area (TPSA) is 265 Å². The number of rotatable bonds is 20. The molecule has 2 atom stereocenters. The van der Waals surface area contributed by atoms with Gasteiger partial charge in [-0.15, -0.1) is 0 Å². The van der Waals surface area contributed by atoms with Crippen molar-refractivity contribution in [1.82, 2.24) is 4.98 Å². The number of sulfonamides is 2. The van der Waals surface area contributed by atoms with E-state index in [9.17, 15) is 40.7 Å². The molecule has 23 heteroatoms. The highest BCUT2D eigenvalue weighted by Gasteiger charge is 2.32. The molecular weight excluding hydrogens is 1170 g/mol. The van der Waals surface area contributed by atoms with Crippen molar-refractivity contribution in [2.45, 2.75) is 70.1 Å². The summed E-state index contributed by atoms with van der Waals surface area (Å²) in [6.07, 6.45) is 3.18. The van der Waals surface area contributed by atoms with Gasteiger partial charge >= 0.3 is 17.4 Å². The molecule has 1 aliphatic rings. The Hall–Kier alpha value is -9.27. The first-order chi connectivity index (χ1) is 40.7. The summed E-state index contributed by atoms with van der Waals surface area (Å²) in [4.78, 5) is 47.8. The van der Waals surface area contributed by atoms with Crippen LogP contribution in [0.4, 0.5) is 33.2 Å². The van der Waals surface area contributed by atoms with Gasteiger partial charge in [0.1, 0.15) is 35.3 Å². The number of carbonyl (C=O) groups excluding carboxylic acids is 3. The third kappa shape index (κ3) is 13.7. The van der Waals surface area contributed by atoms with Crippen LogP contribution in [0.3, 0.4) is 0 Å². The van der Waals surface area contributed by atoms with Crippen LogP contribution >= 0.6 is 11.6 Å². The zero-order chi connectivity index (χ0) is 60.2. The Bertz CT molecular complexity index is 4460. The molecule has 0 spiro atoms. The third-order valence-electron chi connectivity index (χ3n) is 13.9. The number of carbonyl (C=O) groups is 3. The van der Waals surface area contributed by atoms with Crippen LogP contribution in [0, 0.1) is 25.2 Å². The van der Waals surface area contributed by atoms with E-state index in [1.807, 2.05) is 62.4 Å². The standard InChI is InChI=1S/C62H54ClN7O12S3/c1-37-20-27-56-53(30-37)66-61(81-56)43(35-64)33-42-22-24-46(31-38(42)2)70(45-14-6-7-15-45)62(73)79-36-40-21-28-57(54(32-40)69-85(77,78)58-29-26-51(68-84(4,75)76)48-17-9-10-18-49(48)58)80-59(39(3)71)60(72)65-52-34-44(23-25-50(52)63)67-83(74)82-55-19-11-13-41-12-5-8-16-47(41)55/h5,8-13,16-34,45,59,67-69H,6-7,14-15,36H2,1-4H3,(H,65,72)/b43-33+. The van der Waals surface area contributed by atoms with E-state index in [4.69, 9.17) is 29.7 Å². The molecule has 0 bridgehead atoms. The highest BCUT2D eigenvalue weighted by atomic mass is 35.5. The van der Waals surface area contributed by atoms with E-state index in [0.29, 0.717) is 40.9 Å². The summed E-state index contributed by atoms with van der Waals surface area (Å²) in [5.74, 6) is -1.58. The first-order valence-corrected chi connectivity index (χ1v) is 31.4. The second-order valence-corrected chi connectivity index (χ2v) is 24.9. The van der Waals surface area contributed by atoms with Gasteiger partial charge in [-0.05, 0) is 140 Å². The second-order valence-electron chi connectivity index (χ2n) is 20.2. The number of Topliss-reactive ketones (excluding diaryl/α,β-unsaturated/α-hetero) is 1. The number of nitrogens with one attached hydrogen (secondary N) is 4. The molecular formula is C62H54ClN7O12S3. The van der Waals surface area contributed by atoms with E-state index in [1.54, 1.807) is 59.5 Å². The van der Waals surface area contributed by atoms with Crippen LogP contribution in [-0.2, 0) is 52.2 Å². The lowest BCUT2D eigenvalue weighted by Crippen LogP contribution is -2.39. The minimum atomic E-state index is -4.65. The maximum absolute atomic E-state index is 14.7. The molecule has 8 aromatic carbocycles. The SMILES string of the molecule is CC(=O)C(Oc1ccc(COC(=O)N(c2ccc(/C=C(\C#N)c3nc4cc(C)ccc4o3)c(C)c2)C2CCCC2)cc1NS(=O)(=O)c1ccc(NS(C)(=O)=O)c2ccccc12)C(=O)Nc1cc(NS(=O)Oc2cccc3ccccc23)ccc1Cl. The number of fused-ring (bicyclic) bond motifs is 3. The summed E-state index contributed by atoms with van der Waals surface area (Å²) in [7, 11) is -8.43. The smallest absolute Gasteiger partial charge is 0.414 e. The van der Waals surface area contributed by atoms with Gasteiger partial charge in [-0.3, -0.25) is 28.7 Å². The predicted molar refractivity (Wildman–Crippen MR) is 330 cm³/mol. The number of hydrogen-bond donors (Lipinski definition) is 4. The zero-order valence-electron chi connectivity index (χ0n) is 46.0. The average molecular weight is 1220 g/mol. The van der Waals surface area contributed by atoms with E-state index < -0.39 is 61.8 Å². The molecule has 1 aromatic heterocycles. The summed E-state index contributed by atoms with van der Waals surface area (Å²) in [6.45, 7) is 4.50. The quantitative estimate of drug-likeness (QED) is 0.0408. The van der Waals surface area contributed by atoms with Gasteiger partial charge in [0.25, 0.3) is 15.9 Å². The Kier molecular flexibility index (Phi) is 17.3. The van der Waals surface area contributed by atoms with Crippen LogP contribution in [0.25, 0.3) is 44.3 Å². The number of oxazole rings is 1. The molecule has 0 saturated heterocycles. The lowest BCUT2D eigenvalue weighted by Gasteiger charge is -2.29. The largest absolute Gasteiger partial charge is 0.470 e. The normalized spacial score (nSPS) is 13.6. The molecule has 1 fully saturated rings. The Labute approximate surface area is 497 Å². The van der Waals surface area contributed by atoms with Crippen molar-refractivity contribution in [3.63, 3.8) is 0 Å². The van der Waals surface area contributed by atoms with Crippen molar-refractivity contribution in [3.8, 4) is 17.6 Å². The summed E-state index contributed by atoms with van der Waals surface area (Å²) >= 11 is 4.41. The van der Waals surface area contributed by atoms with Crippen molar-refractivity contribution >= 4 is 133 Å². The van der Waals surface area contributed by atoms with Gasteiger partial charge in [-0.25, -0.2) is 26.6 Å².